The Hall–Kier alpha value is -3.56. The number of halogens is 1. The molecule has 0 unspecified atom stereocenters. The van der Waals surface area contributed by atoms with E-state index in [2.05, 4.69) is 5.32 Å². The maximum atomic E-state index is 13.6. The Kier molecular flexibility index (Phi) is 8.14. The number of amides is 1. The van der Waals surface area contributed by atoms with Crippen LogP contribution in [0, 0.1) is 0 Å². The number of nitrogens with zero attached hydrogens (tertiary/aromatic N) is 1. The Labute approximate surface area is 203 Å². The molecule has 3 aromatic carbocycles. The van der Waals surface area contributed by atoms with Crippen molar-refractivity contribution in [1.29, 1.82) is 0 Å². The maximum Gasteiger partial charge on any atom is 0.339 e. The molecular weight excluding hydrogens is 480 g/mol. The van der Waals surface area contributed by atoms with Crippen LogP contribution in [0.15, 0.2) is 77.7 Å². The zero-order valence-corrected chi connectivity index (χ0v) is 20.1. The first-order valence-electron chi connectivity index (χ1n) is 10.2. The highest BCUT2D eigenvalue weighted by atomic mass is 35.5. The highest BCUT2D eigenvalue weighted by Gasteiger charge is 2.30. The zero-order chi connectivity index (χ0) is 24.7. The number of esters is 1. The van der Waals surface area contributed by atoms with Gasteiger partial charge in [0.05, 0.1) is 35.6 Å². The Balaban J connectivity index is 2.01. The van der Waals surface area contributed by atoms with E-state index in [4.69, 9.17) is 21.1 Å². The molecule has 3 rings (SSSR count). The van der Waals surface area contributed by atoms with Gasteiger partial charge >= 0.3 is 5.97 Å². The lowest BCUT2D eigenvalue weighted by molar-refractivity contribution is -0.114. The molecule has 10 heteroatoms. The van der Waals surface area contributed by atoms with Gasteiger partial charge in [-0.25, -0.2) is 13.2 Å². The minimum atomic E-state index is -4.19. The Morgan fingerprint density at radius 3 is 2.29 bits per heavy atom. The number of hydrogen-bond donors (Lipinski definition) is 1. The van der Waals surface area contributed by atoms with E-state index in [1.807, 2.05) is 0 Å². The molecule has 0 aliphatic carbocycles. The predicted octanol–water partition coefficient (Wildman–Crippen LogP) is 4.36. The number of para-hydroxylation sites is 3. The monoisotopic (exact) mass is 502 g/mol. The van der Waals surface area contributed by atoms with Crippen molar-refractivity contribution in [3.05, 3.63) is 83.4 Å². The summed E-state index contributed by atoms with van der Waals surface area (Å²) in [6.45, 7) is 1.49. The van der Waals surface area contributed by atoms with Gasteiger partial charge in [-0.1, -0.05) is 35.9 Å². The van der Waals surface area contributed by atoms with E-state index in [1.54, 1.807) is 43.3 Å². The number of carbonyl (C=O) groups excluding carboxylic acids is 2. The number of nitrogens with one attached hydrogen (secondary N) is 1. The van der Waals surface area contributed by atoms with E-state index in [-0.39, 0.29) is 21.8 Å². The average molecular weight is 503 g/mol. The summed E-state index contributed by atoms with van der Waals surface area (Å²) in [6.07, 6.45) is 0. The molecule has 8 nitrogen and oxygen atoms in total. The van der Waals surface area contributed by atoms with E-state index in [9.17, 15) is 18.0 Å². The lowest BCUT2D eigenvalue weighted by atomic mass is 10.2. The van der Waals surface area contributed by atoms with Crippen molar-refractivity contribution >= 4 is 44.9 Å². The number of benzene rings is 3. The van der Waals surface area contributed by atoms with Crippen LogP contribution in [-0.2, 0) is 19.6 Å². The molecule has 0 atom stereocenters. The van der Waals surface area contributed by atoms with E-state index in [0.29, 0.717) is 17.4 Å². The molecule has 0 heterocycles. The fraction of sp³-hybridized carbons (Fsp3) is 0.167. The third-order valence-electron chi connectivity index (χ3n) is 4.73. The largest absolute Gasteiger partial charge is 0.492 e. The Bertz CT molecular complexity index is 1280. The van der Waals surface area contributed by atoms with Crippen LogP contribution in [0.2, 0.25) is 5.02 Å². The highest BCUT2D eigenvalue weighted by Crippen LogP contribution is 2.33. The molecule has 0 fully saturated rings. The summed E-state index contributed by atoms with van der Waals surface area (Å²) >= 11 is 5.92. The molecule has 3 aromatic rings. The van der Waals surface area contributed by atoms with E-state index < -0.39 is 28.4 Å². The van der Waals surface area contributed by atoms with Crippen molar-refractivity contribution in [1.82, 2.24) is 0 Å². The number of methoxy groups -OCH3 is 1. The summed E-state index contributed by atoms with van der Waals surface area (Å²) in [7, 11) is -2.96. The minimum absolute atomic E-state index is 0.0500. The molecule has 34 heavy (non-hydrogen) atoms. The predicted molar refractivity (Wildman–Crippen MR) is 130 cm³/mol. The smallest absolute Gasteiger partial charge is 0.339 e. The summed E-state index contributed by atoms with van der Waals surface area (Å²) in [5.74, 6) is -1.01. The summed E-state index contributed by atoms with van der Waals surface area (Å²) in [4.78, 5) is 25.0. The van der Waals surface area contributed by atoms with Gasteiger partial charge in [0.1, 0.15) is 12.3 Å². The second-order valence-corrected chi connectivity index (χ2v) is 9.25. The van der Waals surface area contributed by atoms with Crippen LogP contribution in [0.25, 0.3) is 0 Å². The Morgan fingerprint density at radius 2 is 1.62 bits per heavy atom. The lowest BCUT2D eigenvalue weighted by Gasteiger charge is -2.26. The van der Waals surface area contributed by atoms with Gasteiger partial charge in [-0.05, 0) is 55.5 Å². The molecule has 1 N–H and O–H groups in total. The zero-order valence-electron chi connectivity index (χ0n) is 18.5. The summed E-state index contributed by atoms with van der Waals surface area (Å²) in [5, 5.41) is 2.97. The van der Waals surface area contributed by atoms with Crippen LogP contribution in [0.5, 0.6) is 5.75 Å². The van der Waals surface area contributed by atoms with Gasteiger partial charge in [0.25, 0.3) is 10.0 Å². The molecule has 0 aliphatic heterocycles. The van der Waals surface area contributed by atoms with Crippen LogP contribution in [0.3, 0.4) is 0 Å². The summed E-state index contributed by atoms with van der Waals surface area (Å²) in [6, 6.07) is 18.4. The van der Waals surface area contributed by atoms with E-state index in [0.717, 1.165) is 4.31 Å². The molecule has 178 valence electrons. The number of hydrogen-bond acceptors (Lipinski definition) is 6. The number of sulfonamides is 1. The molecule has 0 aromatic heterocycles. The summed E-state index contributed by atoms with van der Waals surface area (Å²) < 4.78 is 38.5. The first kappa shape index (κ1) is 25.1. The van der Waals surface area contributed by atoms with Crippen molar-refractivity contribution in [3.63, 3.8) is 0 Å². The molecular formula is C24H23ClN2O6S. The first-order chi connectivity index (χ1) is 16.3. The SMILES string of the molecule is CCOc1ccccc1N(CC(=O)Nc1ccccc1C(=O)OC)S(=O)(=O)c1ccc(Cl)cc1. The fourth-order valence-corrected chi connectivity index (χ4v) is 4.73. The van der Waals surface area contributed by atoms with Crippen molar-refractivity contribution in [2.24, 2.45) is 0 Å². The van der Waals surface area contributed by atoms with Crippen LogP contribution < -0.4 is 14.4 Å². The van der Waals surface area contributed by atoms with Crippen LogP contribution in [-0.4, -0.2) is 40.6 Å². The van der Waals surface area contributed by atoms with Crippen LogP contribution >= 0.6 is 11.6 Å². The minimum Gasteiger partial charge on any atom is -0.492 e. The maximum absolute atomic E-state index is 13.6. The van der Waals surface area contributed by atoms with Crippen LogP contribution in [0.4, 0.5) is 11.4 Å². The van der Waals surface area contributed by atoms with Gasteiger partial charge in [-0.15, -0.1) is 0 Å². The molecule has 1 amide bonds. The molecule has 0 saturated heterocycles. The fourth-order valence-electron chi connectivity index (χ4n) is 3.17. The third kappa shape index (κ3) is 5.67. The lowest BCUT2D eigenvalue weighted by Crippen LogP contribution is -2.38. The van der Waals surface area contributed by atoms with Gasteiger partial charge in [-0.3, -0.25) is 9.10 Å². The van der Waals surface area contributed by atoms with Crippen molar-refractivity contribution in [3.8, 4) is 5.75 Å². The second-order valence-electron chi connectivity index (χ2n) is 6.95. The number of rotatable bonds is 9. The molecule has 0 spiro atoms. The van der Waals surface area contributed by atoms with E-state index >= 15 is 0 Å². The molecule has 0 bridgehead atoms. The first-order valence-corrected chi connectivity index (χ1v) is 12.1. The van der Waals surface area contributed by atoms with Crippen molar-refractivity contribution in [2.45, 2.75) is 11.8 Å². The number of carbonyl (C=O) groups is 2. The molecule has 0 radical (unpaired) electrons. The normalized spacial score (nSPS) is 10.9. The summed E-state index contributed by atoms with van der Waals surface area (Å²) in [5.41, 5.74) is 0.525. The van der Waals surface area contributed by atoms with Gasteiger partial charge in [-0.2, -0.15) is 0 Å². The molecule has 0 aliphatic rings. The van der Waals surface area contributed by atoms with Gasteiger partial charge in [0.2, 0.25) is 5.91 Å². The van der Waals surface area contributed by atoms with Gasteiger partial charge in [0.15, 0.2) is 0 Å². The third-order valence-corrected chi connectivity index (χ3v) is 6.76. The highest BCUT2D eigenvalue weighted by molar-refractivity contribution is 7.92. The van der Waals surface area contributed by atoms with Gasteiger partial charge < -0.3 is 14.8 Å². The van der Waals surface area contributed by atoms with Crippen LogP contribution in [0.1, 0.15) is 17.3 Å². The topological polar surface area (TPSA) is 102 Å². The van der Waals surface area contributed by atoms with E-state index in [1.165, 1.54) is 43.5 Å². The van der Waals surface area contributed by atoms with Crippen molar-refractivity contribution < 1.29 is 27.5 Å². The van der Waals surface area contributed by atoms with Gasteiger partial charge in [0, 0.05) is 5.02 Å². The molecule has 0 saturated carbocycles. The number of anilines is 2. The quantitative estimate of drug-likeness (QED) is 0.436. The average Bonchev–Trinajstić information content (AvgIpc) is 2.83. The number of ether oxygens (including phenoxy) is 2. The standard InChI is InChI=1S/C24H23ClN2O6S/c1-3-33-22-11-7-6-10-21(22)27(34(30,31)18-14-12-17(25)13-15-18)16-23(28)26-20-9-5-4-8-19(20)24(29)32-2/h4-15H,3,16H2,1-2H3,(H,26,28). The Morgan fingerprint density at radius 1 is 0.971 bits per heavy atom. The van der Waals surface area contributed by atoms with Crippen molar-refractivity contribution in [2.75, 3.05) is 29.9 Å². The second kappa shape index (κ2) is 11.0.